The molecule has 0 unspecified atom stereocenters. The summed E-state index contributed by atoms with van der Waals surface area (Å²) in [4.78, 5) is 42.1. The molecular weight excluding hydrogens is 318 g/mol. The van der Waals surface area contributed by atoms with Crippen LogP contribution < -0.4 is 10.2 Å². The standard InChI is InChI=1S/C19H23N3O3/c1-2-3-10-22-17(24)19(16(23)20-18(22)25)12-13-7-4-5-8-14(13)21-11-6-9-15(19)21/h4-5,7-8,15H,2-3,6,9-12H2,1H3,(H,20,23,25)/t15-,19-/m0/s1. The first-order valence-corrected chi connectivity index (χ1v) is 9.11. The molecule has 3 aliphatic rings. The number of benzene rings is 1. The normalized spacial score (nSPS) is 28.2. The van der Waals surface area contributed by atoms with Crippen LogP contribution in [0.15, 0.2) is 24.3 Å². The number of anilines is 1. The molecule has 4 rings (SSSR count). The molecule has 2 saturated heterocycles. The maximum atomic E-state index is 13.4. The van der Waals surface area contributed by atoms with E-state index in [0.29, 0.717) is 13.0 Å². The molecule has 2 fully saturated rings. The van der Waals surface area contributed by atoms with Gasteiger partial charge >= 0.3 is 6.03 Å². The molecule has 3 aliphatic heterocycles. The zero-order valence-electron chi connectivity index (χ0n) is 14.5. The molecule has 0 aromatic heterocycles. The summed E-state index contributed by atoms with van der Waals surface area (Å²) in [5.41, 5.74) is 0.939. The number of hydrogen-bond donors (Lipinski definition) is 1. The Morgan fingerprint density at radius 3 is 2.84 bits per heavy atom. The lowest BCUT2D eigenvalue weighted by molar-refractivity contribution is -0.153. The maximum Gasteiger partial charge on any atom is 0.330 e. The van der Waals surface area contributed by atoms with Crippen molar-refractivity contribution in [1.82, 2.24) is 10.2 Å². The summed E-state index contributed by atoms with van der Waals surface area (Å²) in [6.45, 7) is 3.22. The Balaban J connectivity index is 1.80. The van der Waals surface area contributed by atoms with E-state index in [4.69, 9.17) is 0 Å². The van der Waals surface area contributed by atoms with Gasteiger partial charge in [0, 0.05) is 18.8 Å². The van der Waals surface area contributed by atoms with Crippen LogP contribution in [0.4, 0.5) is 10.5 Å². The molecule has 4 amide bonds. The molecule has 6 heteroatoms. The van der Waals surface area contributed by atoms with Crippen molar-refractivity contribution in [2.24, 2.45) is 5.41 Å². The van der Waals surface area contributed by atoms with Gasteiger partial charge in [0.2, 0.25) is 11.8 Å². The zero-order valence-corrected chi connectivity index (χ0v) is 14.5. The summed E-state index contributed by atoms with van der Waals surface area (Å²) in [6, 6.07) is 7.23. The Hall–Kier alpha value is -2.37. The Labute approximate surface area is 147 Å². The van der Waals surface area contributed by atoms with E-state index >= 15 is 0 Å². The molecule has 0 aliphatic carbocycles. The van der Waals surface area contributed by atoms with Crippen molar-refractivity contribution in [3.63, 3.8) is 0 Å². The number of hydrogen-bond acceptors (Lipinski definition) is 4. The minimum Gasteiger partial charge on any atom is -0.367 e. The number of amides is 4. The van der Waals surface area contributed by atoms with Crippen LogP contribution in [0, 0.1) is 5.41 Å². The molecule has 3 heterocycles. The zero-order chi connectivity index (χ0) is 17.6. The quantitative estimate of drug-likeness (QED) is 0.855. The Bertz CT molecular complexity index is 747. The predicted octanol–water partition coefficient (Wildman–Crippen LogP) is 2.08. The minimum absolute atomic E-state index is 0.174. The maximum absolute atomic E-state index is 13.4. The fourth-order valence-corrected chi connectivity index (χ4v) is 4.60. The number of barbiturate groups is 1. The van der Waals surface area contributed by atoms with Crippen molar-refractivity contribution in [2.45, 2.75) is 45.1 Å². The van der Waals surface area contributed by atoms with Crippen molar-refractivity contribution in [2.75, 3.05) is 18.0 Å². The average Bonchev–Trinajstić information content (AvgIpc) is 3.10. The second kappa shape index (κ2) is 5.86. The van der Waals surface area contributed by atoms with E-state index in [1.165, 1.54) is 4.90 Å². The van der Waals surface area contributed by atoms with Crippen molar-refractivity contribution in [3.8, 4) is 0 Å². The Morgan fingerprint density at radius 2 is 2.04 bits per heavy atom. The third kappa shape index (κ3) is 2.19. The summed E-state index contributed by atoms with van der Waals surface area (Å²) < 4.78 is 0. The highest BCUT2D eigenvalue weighted by Crippen LogP contribution is 2.48. The van der Waals surface area contributed by atoms with Crippen LogP contribution in [0.5, 0.6) is 0 Å². The highest BCUT2D eigenvalue weighted by molar-refractivity contribution is 6.20. The molecule has 1 N–H and O–H groups in total. The second-order valence-electron chi connectivity index (χ2n) is 7.20. The van der Waals surface area contributed by atoms with Crippen LogP contribution >= 0.6 is 0 Å². The molecule has 0 bridgehead atoms. The monoisotopic (exact) mass is 341 g/mol. The van der Waals surface area contributed by atoms with E-state index in [1.54, 1.807) is 0 Å². The highest BCUT2D eigenvalue weighted by atomic mass is 16.2. The third-order valence-electron chi connectivity index (χ3n) is 5.82. The van der Waals surface area contributed by atoms with Crippen LogP contribution in [0.2, 0.25) is 0 Å². The third-order valence-corrected chi connectivity index (χ3v) is 5.82. The lowest BCUT2D eigenvalue weighted by Crippen LogP contribution is -2.71. The highest BCUT2D eigenvalue weighted by Gasteiger charge is 2.62. The van der Waals surface area contributed by atoms with E-state index in [-0.39, 0.29) is 11.9 Å². The summed E-state index contributed by atoms with van der Waals surface area (Å²) >= 11 is 0. The number of rotatable bonds is 3. The molecule has 25 heavy (non-hydrogen) atoms. The molecule has 1 aromatic rings. The molecule has 1 aromatic carbocycles. The van der Waals surface area contributed by atoms with Crippen LogP contribution in [-0.4, -0.2) is 41.9 Å². The number of urea groups is 1. The van der Waals surface area contributed by atoms with Crippen LogP contribution in [0.3, 0.4) is 0 Å². The predicted molar refractivity (Wildman–Crippen MR) is 93.1 cm³/mol. The van der Waals surface area contributed by atoms with Gasteiger partial charge in [0.15, 0.2) is 5.41 Å². The van der Waals surface area contributed by atoms with Crippen molar-refractivity contribution >= 4 is 23.5 Å². The number of fused-ring (bicyclic) bond motifs is 4. The first-order chi connectivity index (χ1) is 12.1. The average molecular weight is 341 g/mol. The molecular formula is C19H23N3O3. The van der Waals surface area contributed by atoms with Gasteiger partial charge in [-0.2, -0.15) is 0 Å². The van der Waals surface area contributed by atoms with Gasteiger partial charge in [-0.25, -0.2) is 4.79 Å². The molecule has 0 radical (unpaired) electrons. The fourth-order valence-electron chi connectivity index (χ4n) is 4.60. The van der Waals surface area contributed by atoms with Gasteiger partial charge < -0.3 is 4.90 Å². The number of carbonyl (C=O) groups is 3. The number of imide groups is 2. The van der Waals surface area contributed by atoms with E-state index in [9.17, 15) is 14.4 Å². The van der Waals surface area contributed by atoms with Crippen molar-refractivity contribution in [3.05, 3.63) is 29.8 Å². The molecule has 2 atom stereocenters. The second-order valence-corrected chi connectivity index (χ2v) is 7.20. The minimum atomic E-state index is -1.19. The summed E-state index contributed by atoms with van der Waals surface area (Å²) in [5.74, 6) is -0.747. The lowest BCUT2D eigenvalue weighted by atomic mass is 9.68. The number of unbranched alkanes of at least 4 members (excludes halogenated alkanes) is 1. The van der Waals surface area contributed by atoms with Crippen molar-refractivity contribution < 1.29 is 14.4 Å². The van der Waals surface area contributed by atoms with Gasteiger partial charge in [0.05, 0.1) is 6.04 Å². The van der Waals surface area contributed by atoms with E-state index in [0.717, 1.165) is 43.5 Å². The molecule has 6 nitrogen and oxygen atoms in total. The molecule has 132 valence electrons. The SMILES string of the molecule is CCCCN1C(=O)NC(=O)[C@@]2(Cc3ccccc3N3CCC[C@H]32)C1=O. The summed E-state index contributed by atoms with van der Waals surface area (Å²) in [6.07, 6.45) is 3.74. The summed E-state index contributed by atoms with van der Waals surface area (Å²) in [7, 11) is 0. The largest absolute Gasteiger partial charge is 0.367 e. The fraction of sp³-hybridized carbons (Fsp3) is 0.526. The van der Waals surface area contributed by atoms with Gasteiger partial charge in [-0.15, -0.1) is 0 Å². The topological polar surface area (TPSA) is 69.7 Å². The smallest absolute Gasteiger partial charge is 0.330 e. The van der Waals surface area contributed by atoms with E-state index in [1.807, 2.05) is 25.1 Å². The van der Waals surface area contributed by atoms with Crippen molar-refractivity contribution in [1.29, 1.82) is 0 Å². The van der Waals surface area contributed by atoms with Gasteiger partial charge in [-0.1, -0.05) is 31.5 Å². The van der Waals surface area contributed by atoms with Crippen LogP contribution in [-0.2, 0) is 16.0 Å². The van der Waals surface area contributed by atoms with Gasteiger partial charge in [-0.05, 0) is 37.3 Å². The first-order valence-electron chi connectivity index (χ1n) is 9.11. The lowest BCUT2D eigenvalue weighted by Gasteiger charge is -2.49. The first kappa shape index (κ1) is 16.1. The van der Waals surface area contributed by atoms with Crippen LogP contribution in [0.25, 0.3) is 0 Å². The Kier molecular flexibility index (Phi) is 3.78. The van der Waals surface area contributed by atoms with E-state index < -0.39 is 17.4 Å². The number of nitrogens with zero attached hydrogens (tertiary/aromatic N) is 2. The molecule has 0 saturated carbocycles. The number of carbonyl (C=O) groups excluding carboxylic acids is 3. The van der Waals surface area contributed by atoms with Gasteiger partial charge in [-0.3, -0.25) is 19.8 Å². The van der Waals surface area contributed by atoms with Crippen LogP contribution in [0.1, 0.15) is 38.2 Å². The van der Waals surface area contributed by atoms with E-state index in [2.05, 4.69) is 16.3 Å². The van der Waals surface area contributed by atoms with Gasteiger partial charge in [0.25, 0.3) is 0 Å². The number of para-hydroxylation sites is 1. The number of nitrogens with one attached hydrogen (secondary N) is 1. The summed E-state index contributed by atoms with van der Waals surface area (Å²) in [5, 5.41) is 2.47. The van der Waals surface area contributed by atoms with Gasteiger partial charge in [0.1, 0.15) is 0 Å². The Morgan fingerprint density at radius 1 is 1.24 bits per heavy atom. The molecule has 1 spiro atoms.